The van der Waals surface area contributed by atoms with Gasteiger partial charge in [-0.15, -0.1) is 0 Å². The number of rotatable bonds is 11. The van der Waals surface area contributed by atoms with Crippen LogP contribution < -0.4 is 5.32 Å². The van der Waals surface area contributed by atoms with Gasteiger partial charge in [0.15, 0.2) is 0 Å². The summed E-state index contributed by atoms with van der Waals surface area (Å²) in [5, 5.41) is 3.70. The smallest absolute Gasteiger partial charge is 0.0110 e. The molecule has 4 rings (SSSR count). The maximum atomic E-state index is 3.70. The molecule has 4 aliphatic heterocycles. The fourth-order valence-corrected chi connectivity index (χ4v) is 7.22. The molecule has 0 aromatic rings. The lowest BCUT2D eigenvalue weighted by Gasteiger charge is -2.38. The summed E-state index contributed by atoms with van der Waals surface area (Å²) >= 11 is 0. The van der Waals surface area contributed by atoms with E-state index in [4.69, 9.17) is 0 Å². The highest BCUT2D eigenvalue weighted by atomic mass is 15.2. The Labute approximate surface area is 264 Å². The van der Waals surface area contributed by atoms with Gasteiger partial charge in [0.05, 0.1) is 0 Å². The summed E-state index contributed by atoms with van der Waals surface area (Å²) < 4.78 is 0. The second-order valence-corrected chi connectivity index (χ2v) is 15.1. The highest BCUT2D eigenvalue weighted by molar-refractivity contribution is 4.82. The fourth-order valence-electron chi connectivity index (χ4n) is 7.22. The molecule has 250 valence electrons. The second kappa shape index (κ2) is 21.5. The number of nitrogens with one attached hydrogen (secondary N) is 1. The first kappa shape index (κ1) is 37.9. The molecule has 0 aliphatic carbocycles. The van der Waals surface area contributed by atoms with Gasteiger partial charge in [-0.1, -0.05) is 55.4 Å². The molecule has 0 aromatic heterocycles. The van der Waals surface area contributed by atoms with Gasteiger partial charge in [0.25, 0.3) is 0 Å². The van der Waals surface area contributed by atoms with Crippen LogP contribution in [0.2, 0.25) is 0 Å². The number of piperidine rings is 3. The number of nitrogens with zero attached hydrogens (tertiary/aromatic N) is 5. The molecule has 0 unspecified atom stereocenters. The molecule has 0 atom stereocenters. The summed E-state index contributed by atoms with van der Waals surface area (Å²) in [6.07, 6.45) is 9.71. The van der Waals surface area contributed by atoms with E-state index in [1.165, 1.54) is 137 Å². The third-order valence-electron chi connectivity index (χ3n) is 9.85. The zero-order valence-electron chi connectivity index (χ0n) is 30.0. The first-order valence-electron chi connectivity index (χ1n) is 18.5. The molecule has 0 spiro atoms. The Kier molecular flexibility index (Phi) is 19.4. The lowest BCUT2D eigenvalue weighted by Crippen LogP contribution is -2.47. The molecule has 0 bridgehead atoms. The summed E-state index contributed by atoms with van der Waals surface area (Å²) in [6.45, 7) is 36.2. The number of likely N-dealkylation sites (tertiary alicyclic amines) is 3. The fraction of sp³-hybridized carbons (Fsp3) is 1.00. The van der Waals surface area contributed by atoms with Gasteiger partial charge in [0.2, 0.25) is 0 Å². The van der Waals surface area contributed by atoms with Crippen molar-refractivity contribution in [1.82, 2.24) is 29.8 Å². The molecule has 0 aromatic carbocycles. The Morgan fingerprint density at radius 1 is 0.548 bits per heavy atom. The SMILES string of the molecule is CC.CC(C)CCN1CCC(CN2CCN(C)CC2)CC1.CC(C)CN1CCC(CN2CCC(NC(C)C)CC2)CC1. The van der Waals surface area contributed by atoms with E-state index in [1.54, 1.807) is 0 Å². The molecule has 0 amide bonds. The normalized spacial score (nSPS) is 23.7. The van der Waals surface area contributed by atoms with E-state index in [1.807, 2.05) is 13.8 Å². The average Bonchev–Trinajstić information content (AvgIpc) is 2.97. The van der Waals surface area contributed by atoms with Crippen LogP contribution >= 0.6 is 0 Å². The van der Waals surface area contributed by atoms with Crippen LogP contribution in [0.5, 0.6) is 0 Å². The van der Waals surface area contributed by atoms with E-state index < -0.39 is 0 Å². The Morgan fingerprint density at radius 3 is 1.45 bits per heavy atom. The molecule has 4 heterocycles. The van der Waals surface area contributed by atoms with E-state index >= 15 is 0 Å². The molecule has 0 radical (unpaired) electrons. The molecule has 6 heteroatoms. The molecule has 42 heavy (non-hydrogen) atoms. The van der Waals surface area contributed by atoms with Crippen molar-refractivity contribution in [3.63, 3.8) is 0 Å². The highest BCUT2D eigenvalue weighted by Crippen LogP contribution is 2.22. The predicted molar refractivity (Wildman–Crippen MR) is 186 cm³/mol. The van der Waals surface area contributed by atoms with Crippen LogP contribution in [0.1, 0.15) is 100 Å². The second-order valence-electron chi connectivity index (χ2n) is 15.1. The van der Waals surface area contributed by atoms with Crippen molar-refractivity contribution in [2.24, 2.45) is 23.7 Å². The van der Waals surface area contributed by atoms with E-state index in [-0.39, 0.29) is 0 Å². The minimum Gasteiger partial charge on any atom is -0.312 e. The van der Waals surface area contributed by atoms with Crippen molar-refractivity contribution in [1.29, 1.82) is 0 Å². The summed E-state index contributed by atoms with van der Waals surface area (Å²) in [4.78, 5) is 13.2. The van der Waals surface area contributed by atoms with Crippen molar-refractivity contribution in [2.75, 3.05) is 98.7 Å². The van der Waals surface area contributed by atoms with Crippen LogP contribution in [0.15, 0.2) is 0 Å². The molecule has 6 nitrogen and oxygen atoms in total. The van der Waals surface area contributed by atoms with E-state index in [0.717, 1.165) is 29.7 Å². The summed E-state index contributed by atoms with van der Waals surface area (Å²) in [5.41, 5.74) is 0. The Balaban J connectivity index is 0.000000278. The van der Waals surface area contributed by atoms with Gasteiger partial charge in [-0.3, -0.25) is 0 Å². The molecule has 4 fully saturated rings. The minimum absolute atomic E-state index is 0.631. The topological polar surface area (TPSA) is 28.2 Å². The lowest BCUT2D eigenvalue weighted by molar-refractivity contribution is 0.104. The summed E-state index contributed by atoms with van der Waals surface area (Å²) in [6, 6.07) is 1.39. The number of piperazine rings is 1. The van der Waals surface area contributed by atoms with Gasteiger partial charge in [-0.2, -0.15) is 0 Å². The van der Waals surface area contributed by atoms with Crippen molar-refractivity contribution in [2.45, 2.75) is 112 Å². The third kappa shape index (κ3) is 16.2. The molecule has 4 saturated heterocycles. The lowest BCUT2D eigenvalue weighted by atomic mass is 9.94. The molecule has 0 saturated carbocycles. The molecule has 4 aliphatic rings. The quantitative estimate of drug-likeness (QED) is 0.324. The van der Waals surface area contributed by atoms with Crippen LogP contribution in [0.3, 0.4) is 0 Å². The largest absolute Gasteiger partial charge is 0.312 e. The first-order chi connectivity index (χ1) is 20.2. The van der Waals surface area contributed by atoms with Crippen molar-refractivity contribution < 1.29 is 0 Å². The van der Waals surface area contributed by atoms with Gasteiger partial charge in [-0.25, -0.2) is 0 Å². The molecular weight excluding hydrogens is 516 g/mol. The number of likely N-dealkylation sites (N-methyl/N-ethyl adjacent to an activating group) is 1. The summed E-state index contributed by atoms with van der Waals surface area (Å²) in [5.74, 6) is 3.57. The Bertz CT molecular complexity index is 595. The maximum absolute atomic E-state index is 3.70. The first-order valence-corrected chi connectivity index (χ1v) is 18.5. The maximum Gasteiger partial charge on any atom is 0.0110 e. The minimum atomic E-state index is 0.631. The molecular formula is C36H76N6. The predicted octanol–water partition coefficient (Wildman–Crippen LogP) is 5.83. The highest BCUT2D eigenvalue weighted by Gasteiger charge is 2.25. The van der Waals surface area contributed by atoms with Gasteiger partial charge in [-0.05, 0) is 121 Å². The van der Waals surface area contributed by atoms with Gasteiger partial charge < -0.3 is 29.8 Å². The van der Waals surface area contributed by atoms with Gasteiger partial charge in [0.1, 0.15) is 0 Å². The van der Waals surface area contributed by atoms with Crippen molar-refractivity contribution >= 4 is 0 Å². The zero-order chi connectivity index (χ0) is 30.9. The van der Waals surface area contributed by atoms with Crippen LogP contribution in [0.4, 0.5) is 0 Å². The summed E-state index contributed by atoms with van der Waals surface area (Å²) in [7, 11) is 2.24. The average molecular weight is 593 g/mol. The van der Waals surface area contributed by atoms with E-state index in [2.05, 4.69) is 78.4 Å². The van der Waals surface area contributed by atoms with Crippen LogP contribution in [-0.4, -0.2) is 135 Å². The van der Waals surface area contributed by atoms with Crippen molar-refractivity contribution in [3.05, 3.63) is 0 Å². The van der Waals surface area contributed by atoms with Crippen molar-refractivity contribution in [3.8, 4) is 0 Å². The van der Waals surface area contributed by atoms with E-state index in [0.29, 0.717) is 6.04 Å². The van der Waals surface area contributed by atoms with Crippen LogP contribution in [0, 0.1) is 23.7 Å². The van der Waals surface area contributed by atoms with Gasteiger partial charge in [0, 0.05) is 57.9 Å². The van der Waals surface area contributed by atoms with Crippen LogP contribution in [-0.2, 0) is 0 Å². The zero-order valence-corrected chi connectivity index (χ0v) is 30.0. The third-order valence-corrected chi connectivity index (χ3v) is 9.85. The Morgan fingerprint density at radius 2 is 1.00 bits per heavy atom. The molecule has 1 N–H and O–H groups in total. The van der Waals surface area contributed by atoms with E-state index in [9.17, 15) is 0 Å². The Hall–Kier alpha value is -0.240. The standard InChI is InChI=1S/C18H37N3.C16H33N3.C2H6/c1-15(2)13-20-9-5-17(6-10-20)14-21-11-7-18(8-12-21)19-16(3)4;1-15(2)4-7-18-8-5-16(6-9-18)14-19-12-10-17(3)11-13-19;1-2/h15-19H,5-14H2,1-4H3;15-16H,4-14H2,1-3H3;1-2H3. The number of hydrogen-bond donors (Lipinski definition) is 1. The number of hydrogen-bond acceptors (Lipinski definition) is 6. The van der Waals surface area contributed by atoms with Gasteiger partial charge >= 0.3 is 0 Å². The monoisotopic (exact) mass is 593 g/mol. The van der Waals surface area contributed by atoms with Crippen LogP contribution in [0.25, 0.3) is 0 Å².